The molecule has 0 unspecified atom stereocenters. The maximum atomic E-state index is 12.6. The average Bonchev–Trinajstić information content (AvgIpc) is 2.73. The number of nitrogens with one attached hydrogen (secondary N) is 2. The van der Waals surface area contributed by atoms with Crippen LogP contribution >= 0.6 is 0 Å². The van der Waals surface area contributed by atoms with Crippen LogP contribution < -0.4 is 19.9 Å². The maximum Gasteiger partial charge on any atom is 0.275 e. The van der Waals surface area contributed by atoms with Crippen molar-refractivity contribution in [1.82, 2.24) is 5.32 Å². The van der Waals surface area contributed by atoms with Crippen molar-refractivity contribution in [1.29, 1.82) is 0 Å². The molecular weight excluding hydrogens is 350 g/mol. The van der Waals surface area contributed by atoms with Crippen molar-refractivity contribution in [3.05, 3.63) is 59.7 Å². The van der Waals surface area contributed by atoms with Gasteiger partial charge in [0.05, 0.1) is 45.0 Å². The third kappa shape index (κ3) is 5.04. The Kier molecular flexibility index (Phi) is 6.93. The molecule has 1 amide bonds. The molecule has 2 aromatic rings. The van der Waals surface area contributed by atoms with Gasteiger partial charge >= 0.3 is 0 Å². The Morgan fingerprint density at radius 2 is 1.82 bits per heavy atom. The number of aryl methyl sites for hydroxylation is 1. The van der Waals surface area contributed by atoms with Crippen LogP contribution in [0.15, 0.2) is 48.5 Å². The molecular formula is C23H32N3O2+. The number of rotatable bonds is 7. The quantitative estimate of drug-likeness (QED) is 0.770. The molecule has 0 saturated carbocycles. The number of methoxy groups -OCH3 is 1. The second-order valence-electron chi connectivity index (χ2n) is 7.52. The van der Waals surface area contributed by atoms with Gasteiger partial charge in [0.25, 0.3) is 5.91 Å². The number of para-hydroxylation sites is 2. The Morgan fingerprint density at radius 1 is 1.14 bits per heavy atom. The van der Waals surface area contributed by atoms with Crippen LogP contribution in [-0.2, 0) is 4.79 Å². The Bertz CT molecular complexity index is 768. The molecule has 1 atom stereocenters. The molecule has 1 aliphatic rings. The molecule has 150 valence electrons. The molecule has 1 saturated heterocycles. The van der Waals surface area contributed by atoms with Crippen molar-refractivity contribution >= 4 is 11.6 Å². The molecule has 0 aliphatic carbocycles. The minimum atomic E-state index is 0.0855. The highest BCUT2D eigenvalue weighted by molar-refractivity contribution is 5.77. The first-order chi connectivity index (χ1) is 13.6. The van der Waals surface area contributed by atoms with Gasteiger partial charge in [-0.05, 0) is 31.0 Å². The highest BCUT2D eigenvalue weighted by atomic mass is 16.5. The summed E-state index contributed by atoms with van der Waals surface area (Å²) in [5.74, 6) is 1.04. The Balaban J connectivity index is 1.51. The summed E-state index contributed by atoms with van der Waals surface area (Å²) in [5, 5.41) is 3.22. The van der Waals surface area contributed by atoms with Gasteiger partial charge in [0, 0.05) is 0 Å². The van der Waals surface area contributed by atoms with Crippen LogP contribution in [0.1, 0.15) is 30.5 Å². The fraction of sp³-hybridized carbons (Fsp3) is 0.435. The fourth-order valence-electron chi connectivity index (χ4n) is 3.82. The summed E-state index contributed by atoms with van der Waals surface area (Å²) in [4.78, 5) is 16.3. The lowest BCUT2D eigenvalue weighted by molar-refractivity contribution is -0.892. The number of hydrogen-bond donors (Lipinski definition) is 2. The number of carbonyl (C=O) groups is 1. The highest BCUT2D eigenvalue weighted by Gasteiger charge is 2.24. The number of carbonyl (C=O) groups excluding carboxylic acids is 1. The number of piperazine rings is 1. The van der Waals surface area contributed by atoms with E-state index in [1.165, 1.54) is 16.0 Å². The number of anilines is 1. The number of benzene rings is 2. The van der Waals surface area contributed by atoms with Crippen LogP contribution in [0.5, 0.6) is 5.75 Å². The SMILES string of the molecule is CC[C@H](NC(=O)C[NH+]1CCN(c2ccccc2OC)CC1)c1ccc(C)cc1. The summed E-state index contributed by atoms with van der Waals surface area (Å²) < 4.78 is 5.48. The first kappa shape index (κ1) is 20.2. The highest BCUT2D eigenvalue weighted by Crippen LogP contribution is 2.27. The van der Waals surface area contributed by atoms with Crippen molar-refractivity contribution in [2.24, 2.45) is 0 Å². The summed E-state index contributed by atoms with van der Waals surface area (Å²) in [6, 6.07) is 16.7. The Morgan fingerprint density at radius 3 is 2.46 bits per heavy atom. The molecule has 0 spiro atoms. The number of hydrogen-bond acceptors (Lipinski definition) is 3. The van der Waals surface area contributed by atoms with E-state index in [9.17, 15) is 4.79 Å². The van der Waals surface area contributed by atoms with E-state index in [1.54, 1.807) is 7.11 Å². The van der Waals surface area contributed by atoms with Crippen LogP contribution in [0.2, 0.25) is 0 Å². The standard InChI is InChI=1S/C23H31N3O2/c1-4-20(19-11-9-18(2)10-12-19)24-23(27)17-25-13-15-26(16-14-25)21-7-5-6-8-22(21)28-3/h5-12,20H,4,13-17H2,1-3H3,(H,24,27)/p+1/t20-/m0/s1. The molecule has 5 nitrogen and oxygen atoms in total. The predicted octanol–water partition coefficient (Wildman–Crippen LogP) is 1.98. The van der Waals surface area contributed by atoms with Crippen LogP contribution in [0, 0.1) is 6.92 Å². The van der Waals surface area contributed by atoms with E-state index in [1.807, 2.05) is 18.2 Å². The van der Waals surface area contributed by atoms with Gasteiger partial charge in [-0.1, -0.05) is 48.9 Å². The lowest BCUT2D eigenvalue weighted by Gasteiger charge is -2.34. The molecule has 1 fully saturated rings. The lowest BCUT2D eigenvalue weighted by Crippen LogP contribution is -3.16. The van der Waals surface area contributed by atoms with E-state index in [0.717, 1.165) is 44.0 Å². The van der Waals surface area contributed by atoms with E-state index in [0.29, 0.717) is 6.54 Å². The first-order valence-electron chi connectivity index (χ1n) is 10.2. The van der Waals surface area contributed by atoms with Crippen molar-refractivity contribution in [2.45, 2.75) is 26.3 Å². The van der Waals surface area contributed by atoms with Crippen LogP contribution in [-0.4, -0.2) is 45.7 Å². The molecule has 0 bridgehead atoms. The van der Waals surface area contributed by atoms with E-state index < -0.39 is 0 Å². The summed E-state index contributed by atoms with van der Waals surface area (Å²) >= 11 is 0. The van der Waals surface area contributed by atoms with Crippen molar-refractivity contribution < 1.29 is 14.4 Å². The zero-order valence-corrected chi connectivity index (χ0v) is 17.2. The Hall–Kier alpha value is -2.53. The van der Waals surface area contributed by atoms with E-state index >= 15 is 0 Å². The van der Waals surface area contributed by atoms with E-state index in [4.69, 9.17) is 4.74 Å². The van der Waals surface area contributed by atoms with Gasteiger partial charge in [0.2, 0.25) is 0 Å². The lowest BCUT2D eigenvalue weighted by atomic mass is 10.0. The van der Waals surface area contributed by atoms with Gasteiger partial charge in [-0.2, -0.15) is 0 Å². The minimum absolute atomic E-state index is 0.0855. The average molecular weight is 383 g/mol. The van der Waals surface area contributed by atoms with Crippen molar-refractivity contribution in [3.63, 3.8) is 0 Å². The van der Waals surface area contributed by atoms with E-state index in [-0.39, 0.29) is 11.9 Å². The third-order valence-electron chi connectivity index (χ3n) is 5.53. The molecule has 2 aromatic carbocycles. The van der Waals surface area contributed by atoms with Gasteiger partial charge in [0.15, 0.2) is 6.54 Å². The van der Waals surface area contributed by atoms with Crippen LogP contribution in [0.3, 0.4) is 0 Å². The monoisotopic (exact) mass is 382 g/mol. The number of amides is 1. The summed E-state index contributed by atoms with van der Waals surface area (Å²) in [6.45, 7) is 8.49. The largest absolute Gasteiger partial charge is 0.495 e. The topological polar surface area (TPSA) is 46.0 Å². The van der Waals surface area contributed by atoms with Gasteiger partial charge in [-0.15, -0.1) is 0 Å². The van der Waals surface area contributed by atoms with Gasteiger partial charge < -0.3 is 19.9 Å². The Labute approximate surface area is 168 Å². The zero-order chi connectivity index (χ0) is 19.9. The number of nitrogens with zero attached hydrogens (tertiary/aromatic N) is 1. The maximum absolute atomic E-state index is 12.6. The summed E-state index contributed by atoms with van der Waals surface area (Å²) in [5.41, 5.74) is 3.55. The molecule has 1 aliphatic heterocycles. The van der Waals surface area contributed by atoms with Crippen LogP contribution in [0.25, 0.3) is 0 Å². The fourth-order valence-corrected chi connectivity index (χ4v) is 3.82. The summed E-state index contributed by atoms with van der Waals surface area (Å²) in [7, 11) is 1.71. The normalized spacial score (nSPS) is 15.9. The summed E-state index contributed by atoms with van der Waals surface area (Å²) in [6.07, 6.45) is 0.895. The predicted molar refractivity (Wildman–Crippen MR) is 113 cm³/mol. The van der Waals surface area contributed by atoms with Crippen molar-refractivity contribution in [2.75, 3.05) is 44.7 Å². The van der Waals surface area contributed by atoms with Crippen LogP contribution in [0.4, 0.5) is 5.69 Å². The van der Waals surface area contributed by atoms with Crippen molar-refractivity contribution in [3.8, 4) is 5.75 Å². The minimum Gasteiger partial charge on any atom is -0.495 e. The molecule has 28 heavy (non-hydrogen) atoms. The second-order valence-corrected chi connectivity index (χ2v) is 7.52. The zero-order valence-electron chi connectivity index (χ0n) is 17.2. The second kappa shape index (κ2) is 9.60. The molecule has 0 radical (unpaired) electrons. The van der Waals surface area contributed by atoms with E-state index in [2.05, 4.69) is 54.4 Å². The van der Waals surface area contributed by atoms with Gasteiger partial charge in [-0.25, -0.2) is 0 Å². The molecule has 2 N–H and O–H groups in total. The number of ether oxygens (including phenoxy) is 1. The first-order valence-corrected chi connectivity index (χ1v) is 10.2. The number of quaternary nitrogens is 1. The molecule has 0 aromatic heterocycles. The smallest absolute Gasteiger partial charge is 0.275 e. The molecule has 1 heterocycles. The molecule has 3 rings (SSSR count). The van der Waals surface area contributed by atoms with Gasteiger partial charge in [0.1, 0.15) is 5.75 Å². The third-order valence-corrected chi connectivity index (χ3v) is 5.53. The molecule has 5 heteroatoms. The van der Waals surface area contributed by atoms with Gasteiger partial charge in [-0.3, -0.25) is 4.79 Å².